The molecular formula is C11H12F3NO. The maximum Gasteiger partial charge on any atom is 0.407 e. The molecule has 0 heterocycles. The third-order valence-corrected chi connectivity index (χ3v) is 2.42. The van der Waals surface area contributed by atoms with Gasteiger partial charge in [0.2, 0.25) is 0 Å². The van der Waals surface area contributed by atoms with Crippen LogP contribution >= 0.6 is 0 Å². The first kappa shape index (κ1) is 11.3. The van der Waals surface area contributed by atoms with Crippen LogP contribution in [0.5, 0.6) is 5.75 Å². The highest BCUT2D eigenvalue weighted by atomic mass is 19.4. The van der Waals surface area contributed by atoms with E-state index in [0.717, 1.165) is 12.8 Å². The topological polar surface area (TPSA) is 35.2 Å². The summed E-state index contributed by atoms with van der Waals surface area (Å²) >= 11 is 0. The van der Waals surface area contributed by atoms with Crippen molar-refractivity contribution in [3.05, 3.63) is 29.8 Å². The second-order valence-corrected chi connectivity index (χ2v) is 3.87. The van der Waals surface area contributed by atoms with Crippen molar-refractivity contribution in [1.82, 2.24) is 0 Å². The third kappa shape index (κ3) is 2.47. The molecule has 0 saturated heterocycles. The molecule has 1 saturated carbocycles. The fourth-order valence-corrected chi connectivity index (χ4v) is 1.39. The fraction of sp³-hybridized carbons (Fsp3) is 0.455. The number of halogens is 3. The minimum absolute atomic E-state index is 0.00176. The monoisotopic (exact) mass is 231 g/mol. The van der Waals surface area contributed by atoms with Crippen LogP contribution in [0.2, 0.25) is 0 Å². The normalized spacial score (nSPS) is 18.2. The largest absolute Gasteiger partial charge is 0.490 e. The van der Waals surface area contributed by atoms with Gasteiger partial charge in [0.15, 0.2) is 0 Å². The van der Waals surface area contributed by atoms with E-state index in [1.54, 1.807) is 6.07 Å². The summed E-state index contributed by atoms with van der Waals surface area (Å²) in [4.78, 5) is 0. The predicted molar refractivity (Wildman–Crippen MR) is 53.1 cm³/mol. The van der Waals surface area contributed by atoms with Crippen molar-refractivity contribution in [3.63, 3.8) is 0 Å². The average Bonchev–Trinajstić information content (AvgIpc) is 3.00. The Morgan fingerprint density at radius 1 is 1.25 bits per heavy atom. The smallest absolute Gasteiger partial charge is 0.407 e. The molecular weight excluding hydrogens is 219 g/mol. The van der Waals surface area contributed by atoms with Crippen LogP contribution in [0.15, 0.2) is 24.3 Å². The van der Waals surface area contributed by atoms with E-state index < -0.39 is 12.2 Å². The summed E-state index contributed by atoms with van der Waals surface area (Å²) < 4.78 is 42.9. The van der Waals surface area contributed by atoms with Crippen LogP contribution in [-0.4, -0.2) is 12.3 Å². The third-order valence-electron chi connectivity index (χ3n) is 2.42. The Labute approximate surface area is 91.2 Å². The Morgan fingerprint density at radius 2 is 1.88 bits per heavy atom. The first-order valence-corrected chi connectivity index (χ1v) is 5.06. The molecule has 1 aromatic carbocycles. The van der Waals surface area contributed by atoms with Gasteiger partial charge < -0.3 is 10.5 Å². The van der Waals surface area contributed by atoms with Gasteiger partial charge in [0, 0.05) is 5.56 Å². The first-order chi connectivity index (χ1) is 7.48. The molecule has 1 unspecified atom stereocenters. The SMILES string of the molecule is NC(c1ccccc1OC1CC1)C(F)(F)F. The second-order valence-electron chi connectivity index (χ2n) is 3.87. The highest BCUT2D eigenvalue weighted by Gasteiger charge is 2.39. The quantitative estimate of drug-likeness (QED) is 0.868. The minimum atomic E-state index is -4.44. The molecule has 0 radical (unpaired) electrons. The molecule has 0 amide bonds. The van der Waals surface area contributed by atoms with Gasteiger partial charge in [-0.1, -0.05) is 18.2 Å². The second kappa shape index (κ2) is 3.97. The van der Waals surface area contributed by atoms with Crippen molar-refractivity contribution >= 4 is 0 Å². The number of hydrogen-bond donors (Lipinski definition) is 1. The maximum atomic E-state index is 12.5. The summed E-state index contributed by atoms with van der Waals surface area (Å²) in [6.45, 7) is 0. The molecule has 2 N–H and O–H groups in total. The minimum Gasteiger partial charge on any atom is -0.490 e. The highest BCUT2D eigenvalue weighted by Crippen LogP contribution is 2.37. The number of ether oxygens (including phenoxy) is 1. The molecule has 5 heteroatoms. The molecule has 1 aromatic rings. The van der Waals surface area contributed by atoms with Gasteiger partial charge in [-0.15, -0.1) is 0 Å². The zero-order valence-corrected chi connectivity index (χ0v) is 8.50. The van der Waals surface area contributed by atoms with E-state index in [9.17, 15) is 13.2 Å². The van der Waals surface area contributed by atoms with Gasteiger partial charge in [0.05, 0.1) is 6.10 Å². The summed E-state index contributed by atoms with van der Waals surface area (Å²) in [6.07, 6.45) is -2.59. The van der Waals surface area contributed by atoms with E-state index in [1.807, 2.05) is 0 Å². The van der Waals surface area contributed by atoms with Crippen molar-refractivity contribution in [2.45, 2.75) is 31.2 Å². The molecule has 1 fully saturated rings. The van der Waals surface area contributed by atoms with Crippen LogP contribution < -0.4 is 10.5 Å². The number of rotatable bonds is 3. The van der Waals surface area contributed by atoms with Crippen molar-refractivity contribution in [3.8, 4) is 5.75 Å². The van der Waals surface area contributed by atoms with E-state index >= 15 is 0 Å². The van der Waals surface area contributed by atoms with Gasteiger partial charge >= 0.3 is 6.18 Å². The van der Waals surface area contributed by atoms with Crippen molar-refractivity contribution in [1.29, 1.82) is 0 Å². The number of nitrogens with two attached hydrogens (primary N) is 1. The van der Waals surface area contributed by atoms with Gasteiger partial charge in [-0.05, 0) is 18.9 Å². The van der Waals surface area contributed by atoms with Gasteiger partial charge in [0.25, 0.3) is 0 Å². The van der Waals surface area contributed by atoms with E-state index in [2.05, 4.69) is 0 Å². The molecule has 1 aliphatic rings. The van der Waals surface area contributed by atoms with Crippen LogP contribution in [0.4, 0.5) is 13.2 Å². The number of para-hydroxylation sites is 1. The molecule has 88 valence electrons. The lowest BCUT2D eigenvalue weighted by Crippen LogP contribution is -2.29. The van der Waals surface area contributed by atoms with Crippen LogP contribution in [0.1, 0.15) is 24.4 Å². The number of alkyl halides is 3. The first-order valence-electron chi connectivity index (χ1n) is 5.06. The van der Waals surface area contributed by atoms with E-state index in [4.69, 9.17) is 10.5 Å². The van der Waals surface area contributed by atoms with Gasteiger partial charge in [0.1, 0.15) is 11.8 Å². The molecule has 0 spiro atoms. The lowest BCUT2D eigenvalue weighted by molar-refractivity contribution is -0.149. The Balaban J connectivity index is 2.24. The number of benzene rings is 1. The molecule has 0 aromatic heterocycles. The molecule has 0 bridgehead atoms. The van der Waals surface area contributed by atoms with Gasteiger partial charge in [-0.3, -0.25) is 0 Å². The summed E-state index contributed by atoms with van der Waals surface area (Å²) in [6, 6.07) is 4.07. The molecule has 16 heavy (non-hydrogen) atoms. The Hall–Kier alpha value is -1.23. The van der Waals surface area contributed by atoms with E-state index in [0.29, 0.717) is 0 Å². The zero-order valence-electron chi connectivity index (χ0n) is 8.50. The standard InChI is InChI=1S/C11H12F3NO/c12-11(13,14)10(15)8-3-1-2-4-9(8)16-7-5-6-7/h1-4,7,10H,5-6,15H2. The molecule has 1 aliphatic carbocycles. The number of hydrogen-bond acceptors (Lipinski definition) is 2. The van der Waals surface area contributed by atoms with E-state index in [-0.39, 0.29) is 17.4 Å². The lowest BCUT2D eigenvalue weighted by Gasteiger charge is -2.19. The van der Waals surface area contributed by atoms with Crippen LogP contribution in [0, 0.1) is 0 Å². The highest BCUT2D eigenvalue weighted by molar-refractivity contribution is 5.37. The summed E-state index contributed by atoms with van der Waals surface area (Å²) in [5, 5.41) is 0. The molecule has 2 nitrogen and oxygen atoms in total. The average molecular weight is 231 g/mol. The predicted octanol–water partition coefficient (Wildman–Crippen LogP) is 2.79. The lowest BCUT2D eigenvalue weighted by atomic mass is 10.1. The molecule has 0 aliphatic heterocycles. The summed E-state index contributed by atoms with van der Waals surface area (Å²) in [5.74, 6) is 0.245. The zero-order chi connectivity index (χ0) is 11.8. The van der Waals surface area contributed by atoms with Crippen molar-refractivity contribution in [2.75, 3.05) is 0 Å². The van der Waals surface area contributed by atoms with Gasteiger partial charge in [-0.25, -0.2) is 0 Å². The Bertz CT molecular complexity index is 374. The molecule has 1 atom stereocenters. The van der Waals surface area contributed by atoms with Crippen LogP contribution in [-0.2, 0) is 0 Å². The van der Waals surface area contributed by atoms with Gasteiger partial charge in [-0.2, -0.15) is 13.2 Å². The van der Waals surface area contributed by atoms with Crippen molar-refractivity contribution in [2.24, 2.45) is 5.73 Å². The summed E-state index contributed by atoms with van der Waals surface area (Å²) in [7, 11) is 0. The Kier molecular flexibility index (Phi) is 2.80. The fourth-order valence-electron chi connectivity index (χ4n) is 1.39. The van der Waals surface area contributed by atoms with E-state index in [1.165, 1.54) is 18.2 Å². The van der Waals surface area contributed by atoms with Crippen LogP contribution in [0.25, 0.3) is 0 Å². The van der Waals surface area contributed by atoms with Crippen molar-refractivity contribution < 1.29 is 17.9 Å². The molecule has 2 rings (SSSR count). The van der Waals surface area contributed by atoms with Crippen LogP contribution in [0.3, 0.4) is 0 Å². The summed E-state index contributed by atoms with van der Waals surface area (Å²) in [5.41, 5.74) is 5.17. The maximum absolute atomic E-state index is 12.5. The Morgan fingerprint density at radius 3 is 2.44 bits per heavy atom.